The Morgan fingerprint density at radius 2 is 2.11 bits per heavy atom. The van der Waals surface area contributed by atoms with Gasteiger partial charge in [0.25, 0.3) is 5.56 Å². The van der Waals surface area contributed by atoms with Gasteiger partial charge in [-0.3, -0.25) is 4.79 Å². The molecule has 19 heavy (non-hydrogen) atoms. The van der Waals surface area contributed by atoms with Crippen molar-refractivity contribution in [3.8, 4) is 5.75 Å². The molecule has 1 heterocycles. The SMILES string of the molecule is CCOC(=O)c1c(OC(F)(F)F)c[nH]c(=O)c1CN. The van der Waals surface area contributed by atoms with E-state index >= 15 is 0 Å². The van der Waals surface area contributed by atoms with Crippen LogP contribution in [0.25, 0.3) is 0 Å². The number of hydrogen-bond donors (Lipinski definition) is 2. The number of aromatic nitrogens is 1. The van der Waals surface area contributed by atoms with Crippen LogP contribution in [0.2, 0.25) is 0 Å². The zero-order valence-electron chi connectivity index (χ0n) is 9.84. The number of H-pyrrole nitrogens is 1. The van der Waals surface area contributed by atoms with Crippen LogP contribution < -0.4 is 16.0 Å². The average molecular weight is 280 g/mol. The van der Waals surface area contributed by atoms with Gasteiger partial charge in [-0.25, -0.2) is 4.79 Å². The quantitative estimate of drug-likeness (QED) is 0.799. The summed E-state index contributed by atoms with van der Waals surface area (Å²) in [5.74, 6) is -1.96. The molecule has 0 radical (unpaired) electrons. The molecule has 9 heteroatoms. The van der Waals surface area contributed by atoms with Crippen LogP contribution in [0.1, 0.15) is 22.8 Å². The summed E-state index contributed by atoms with van der Waals surface area (Å²) in [7, 11) is 0. The van der Waals surface area contributed by atoms with Crippen LogP contribution in [0, 0.1) is 0 Å². The summed E-state index contributed by atoms with van der Waals surface area (Å²) in [6, 6.07) is 0. The smallest absolute Gasteiger partial charge is 0.462 e. The van der Waals surface area contributed by atoms with Gasteiger partial charge in [-0.1, -0.05) is 0 Å². The van der Waals surface area contributed by atoms with Crippen LogP contribution in [-0.2, 0) is 11.3 Å². The molecule has 0 spiro atoms. The highest BCUT2D eigenvalue weighted by molar-refractivity contribution is 5.94. The fourth-order valence-corrected chi connectivity index (χ4v) is 1.38. The van der Waals surface area contributed by atoms with Gasteiger partial charge in [0.1, 0.15) is 5.56 Å². The van der Waals surface area contributed by atoms with E-state index in [0.717, 1.165) is 0 Å². The number of halogens is 3. The van der Waals surface area contributed by atoms with Crippen molar-refractivity contribution in [3.63, 3.8) is 0 Å². The first-order valence-corrected chi connectivity index (χ1v) is 5.17. The van der Waals surface area contributed by atoms with Crippen LogP contribution in [0.3, 0.4) is 0 Å². The summed E-state index contributed by atoms with van der Waals surface area (Å²) in [5.41, 5.74) is 3.52. The first-order valence-electron chi connectivity index (χ1n) is 5.17. The number of carbonyl (C=O) groups excluding carboxylic acids is 1. The minimum atomic E-state index is -5.01. The van der Waals surface area contributed by atoms with E-state index in [9.17, 15) is 22.8 Å². The van der Waals surface area contributed by atoms with Gasteiger partial charge >= 0.3 is 12.3 Å². The van der Waals surface area contributed by atoms with E-state index in [0.29, 0.717) is 6.20 Å². The standard InChI is InChI=1S/C10H11F3N2O4/c1-2-18-9(17)7-5(3-14)8(16)15-4-6(7)19-10(11,12)13/h4H,2-3,14H2,1H3,(H,15,16). The second-order valence-corrected chi connectivity index (χ2v) is 3.31. The minimum Gasteiger partial charge on any atom is -0.462 e. The maximum Gasteiger partial charge on any atom is 0.573 e. The molecule has 0 aliphatic heterocycles. The Balaban J connectivity index is 3.38. The summed E-state index contributed by atoms with van der Waals surface area (Å²) in [6.45, 7) is 0.969. The van der Waals surface area contributed by atoms with Crippen molar-refractivity contribution in [2.75, 3.05) is 6.61 Å². The lowest BCUT2D eigenvalue weighted by atomic mass is 10.1. The first kappa shape index (κ1) is 15.0. The summed E-state index contributed by atoms with van der Waals surface area (Å²) >= 11 is 0. The maximum atomic E-state index is 12.2. The number of aromatic amines is 1. The Bertz CT molecular complexity index is 524. The third kappa shape index (κ3) is 3.71. The van der Waals surface area contributed by atoms with Crippen LogP contribution in [-0.4, -0.2) is 23.9 Å². The van der Waals surface area contributed by atoms with Crippen molar-refractivity contribution < 1.29 is 27.4 Å². The monoisotopic (exact) mass is 280 g/mol. The number of nitrogens with one attached hydrogen (secondary N) is 1. The lowest BCUT2D eigenvalue weighted by Gasteiger charge is -2.14. The van der Waals surface area contributed by atoms with Gasteiger partial charge in [0, 0.05) is 18.3 Å². The number of hydrogen-bond acceptors (Lipinski definition) is 5. The highest BCUT2D eigenvalue weighted by Crippen LogP contribution is 2.27. The minimum absolute atomic E-state index is 0.0684. The first-order chi connectivity index (χ1) is 8.80. The Kier molecular flexibility index (Phi) is 4.54. The van der Waals surface area contributed by atoms with E-state index in [4.69, 9.17) is 5.73 Å². The molecule has 3 N–H and O–H groups in total. The number of carbonyl (C=O) groups is 1. The molecule has 0 saturated heterocycles. The number of esters is 1. The van der Waals surface area contributed by atoms with Crippen LogP contribution in [0.15, 0.2) is 11.0 Å². The van der Waals surface area contributed by atoms with Gasteiger partial charge in [0.2, 0.25) is 0 Å². The van der Waals surface area contributed by atoms with E-state index < -0.39 is 35.7 Å². The summed E-state index contributed by atoms with van der Waals surface area (Å²) in [4.78, 5) is 25.0. The Morgan fingerprint density at radius 3 is 2.58 bits per heavy atom. The molecule has 0 atom stereocenters. The zero-order chi connectivity index (χ0) is 14.6. The number of pyridine rings is 1. The topological polar surface area (TPSA) is 94.4 Å². The summed E-state index contributed by atoms with van der Waals surface area (Å²) < 4.78 is 44.9. The van der Waals surface area contributed by atoms with Crippen molar-refractivity contribution in [2.45, 2.75) is 19.8 Å². The fourth-order valence-electron chi connectivity index (χ4n) is 1.38. The fraction of sp³-hybridized carbons (Fsp3) is 0.400. The molecule has 0 fully saturated rings. The maximum absolute atomic E-state index is 12.2. The number of ether oxygens (including phenoxy) is 2. The van der Waals surface area contributed by atoms with Crippen molar-refractivity contribution in [1.82, 2.24) is 4.98 Å². The van der Waals surface area contributed by atoms with Crippen LogP contribution in [0.5, 0.6) is 5.75 Å². The van der Waals surface area contributed by atoms with Gasteiger partial charge < -0.3 is 20.2 Å². The molecule has 0 saturated carbocycles. The average Bonchev–Trinajstić information content (AvgIpc) is 2.29. The molecular weight excluding hydrogens is 269 g/mol. The Morgan fingerprint density at radius 1 is 1.47 bits per heavy atom. The molecule has 0 aliphatic carbocycles. The largest absolute Gasteiger partial charge is 0.573 e. The molecule has 0 amide bonds. The second kappa shape index (κ2) is 5.74. The normalized spacial score (nSPS) is 11.2. The van der Waals surface area contributed by atoms with E-state index in [1.54, 1.807) is 0 Å². The predicted molar refractivity (Wildman–Crippen MR) is 57.6 cm³/mol. The third-order valence-electron chi connectivity index (χ3n) is 2.07. The van der Waals surface area contributed by atoms with Crippen molar-refractivity contribution in [3.05, 3.63) is 27.7 Å². The molecule has 106 valence electrons. The van der Waals surface area contributed by atoms with Crippen LogP contribution in [0.4, 0.5) is 13.2 Å². The summed E-state index contributed by atoms with van der Waals surface area (Å²) in [5, 5.41) is 0. The zero-order valence-corrected chi connectivity index (χ0v) is 9.84. The molecule has 6 nitrogen and oxygen atoms in total. The Labute approximate surface area is 105 Å². The van der Waals surface area contributed by atoms with Crippen molar-refractivity contribution in [1.29, 1.82) is 0 Å². The number of nitrogens with two attached hydrogens (primary N) is 1. The molecule has 1 aromatic rings. The lowest BCUT2D eigenvalue weighted by Crippen LogP contribution is -2.26. The van der Waals surface area contributed by atoms with Crippen molar-refractivity contribution in [2.24, 2.45) is 5.73 Å². The molecular formula is C10H11F3N2O4. The van der Waals surface area contributed by atoms with Gasteiger partial charge in [0.15, 0.2) is 5.75 Å². The van der Waals surface area contributed by atoms with Gasteiger partial charge in [-0.2, -0.15) is 0 Å². The molecule has 0 aromatic carbocycles. The highest BCUT2D eigenvalue weighted by Gasteiger charge is 2.34. The second-order valence-electron chi connectivity index (χ2n) is 3.31. The van der Waals surface area contributed by atoms with E-state index in [-0.39, 0.29) is 12.2 Å². The number of alkyl halides is 3. The molecule has 1 aromatic heterocycles. The van der Waals surface area contributed by atoms with Gasteiger partial charge in [0.05, 0.1) is 6.61 Å². The molecule has 0 unspecified atom stereocenters. The van der Waals surface area contributed by atoms with E-state index in [1.807, 2.05) is 4.98 Å². The van der Waals surface area contributed by atoms with Crippen molar-refractivity contribution >= 4 is 5.97 Å². The van der Waals surface area contributed by atoms with Gasteiger partial charge in [-0.05, 0) is 6.92 Å². The molecule has 0 bridgehead atoms. The third-order valence-corrected chi connectivity index (χ3v) is 2.07. The lowest BCUT2D eigenvalue weighted by molar-refractivity contribution is -0.274. The number of rotatable bonds is 4. The molecule has 0 aliphatic rings. The van der Waals surface area contributed by atoms with E-state index in [2.05, 4.69) is 9.47 Å². The predicted octanol–water partition coefficient (Wildman–Crippen LogP) is 0.909. The van der Waals surface area contributed by atoms with Gasteiger partial charge in [-0.15, -0.1) is 13.2 Å². The molecule has 1 rings (SSSR count). The Hall–Kier alpha value is -2.03. The highest BCUT2D eigenvalue weighted by atomic mass is 19.4. The summed E-state index contributed by atoms with van der Waals surface area (Å²) in [6.07, 6.45) is -4.37. The van der Waals surface area contributed by atoms with Crippen LogP contribution >= 0.6 is 0 Å². The van der Waals surface area contributed by atoms with E-state index in [1.165, 1.54) is 6.92 Å².